The maximum absolute atomic E-state index is 8.96. The number of nitrogens with one attached hydrogen (secondary N) is 2. The van der Waals surface area contributed by atoms with Crippen LogP contribution in [0.25, 0.3) is 11.3 Å². The Labute approximate surface area is 161 Å². The molecule has 0 fully saturated rings. The van der Waals surface area contributed by atoms with Crippen LogP contribution in [0.4, 0.5) is 17.5 Å². The lowest BCUT2D eigenvalue weighted by Crippen LogP contribution is -2.08. The van der Waals surface area contributed by atoms with Gasteiger partial charge in [-0.2, -0.15) is 4.98 Å². The molecule has 0 aliphatic carbocycles. The van der Waals surface area contributed by atoms with Crippen molar-refractivity contribution in [3.8, 4) is 11.3 Å². The molecule has 0 unspecified atom stereocenters. The van der Waals surface area contributed by atoms with Gasteiger partial charge >= 0.3 is 0 Å². The van der Waals surface area contributed by atoms with Crippen molar-refractivity contribution in [2.24, 2.45) is 0 Å². The second kappa shape index (κ2) is 8.80. The first kappa shape index (κ1) is 18.4. The molecule has 3 rings (SSSR count). The molecule has 0 aliphatic heterocycles. The molecule has 0 saturated heterocycles. The second-order valence-corrected chi connectivity index (χ2v) is 6.21. The zero-order valence-corrected chi connectivity index (χ0v) is 15.3. The fourth-order valence-electron chi connectivity index (χ4n) is 2.28. The van der Waals surface area contributed by atoms with Gasteiger partial charge in [0.25, 0.3) is 0 Å². The summed E-state index contributed by atoms with van der Waals surface area (Å²) < 4.78 is 0. The number of halogens is 2. The van der Waals surface area contributed by atoms with E-state index < -0.39 is 0 Å². The predicted molar refractivity (Wildman–Crippen MR) is 105 cm³/mol. The summed E-state index contributed by atoms with van der Waals surface area (Å²) in [6, 6.07) is 10.9. The average Bonchev–Trinajstić information content (AvgIpc) is 2.66. The van der Waals surface area contributed by atoms with Crippen molar-refractivity contribution in [2.45, 2.75) is 6.42 Å². The summed E-state index contributed by atoms with van der Waals surface area (Å²) in [4.78, 5) is 13.0. The Morgan fingerprint density at radius 1 is 1.04 bits per heavy atom. The summed E-state index contributed by atoms with van der Waals surface area (Å²) >= 11 is 12.3. The number of anilines is 3. The van der Waals surface area contributed by atoms with Crippen LogP contribution in [-0.4, -0.2) is 33.2 Å². The van der Waals surface area contributed by atoms with Crippen molar-refractivity contribution in [3.05, 3.63) is 58.8 Å². The van der Waals surface area contributed by atoms with E-state index in [2.05, 4.69) is 25.6 Å². The van der Waals surface area contributed by atoms with Gasteiger partial charge in [0.2, 0.25) is 5.95 Å². The Bertz CT molecular complexity index is 877. The van der Waals surface area contributed by atoms with Crippen molar-refractivity contribution >= 4 is 40.7 Å². The van der Waals surface area contributed by atoms with E-state index >= 15 is 0 Å². The quantitative estimate of drug-likeness (QED) is 0.520. The van der Waals surface area contributed by atoms with Crippen molar-refractivity contribution in [2.75, 3.05) is 23.8 Å². The van der Waals surface area contributed by atoms with Gasteiger partial charge in [-0.1, -0.05) is 29.3 Å². The maximum Gasteiger partial charge on any atom is 0.225 e. The smallest absolute Gasteiger partial charge is 0.225 e. The van der Waals surface area contributed by atoms with Gasteiger partial charge in [0, 0.05) is 37.2 Å². The molecule has 0 radical (unpaired) electrons. The highest BCUT2D eigenvalue weighted by Crippen LogP contribution is 2.32. The lowest BCUT2D eigenvalue weighted by molar-refractivity contribution is 0.292. The van der Waals surface area contributed by atoms with E-state index in [0.29, 0.717) is 40.5 Å². The van der Waals surface area contributed by atoms with Gasteiger partial charge in [-0.3, -0.25) is 4.98 Å². The van der Waals surface area contributed by atoms with E-state index in [1.54, 1.807) is 18.5 Å². The molecule has 0 amide bonds. The molecule has 2 heterocycles. The van der Waals surface area contributed by atoms with E-state index in [1.165, 1.54) is 0 Å². The largest absolute Gasteiger partial charge is 0.396 e. The van der Waals surface area contributed by atoms with Crippen molar-refractivity contribution in [3.63, 3.8) is 0 Å². The van der Waals surface area contributed by atoms with Gasteiger partial charge < -0.3 is 15.7 Å². The number of aliphatic hydroxyl groups is 1. The van der Waals surface area contributed by atoms with Gasteiger partial charge in [-0.15, -0.1) is 0 Å². The summed E-state index contributed by atoms with van der Waals surface area (Å²) in [5, 5.41) is 16.1. The highest BCUT2D eigenvalue weighted by Gasteiger charge is 2.10. The normalized spacial score (nSPS) is 10.6. The molecule has 0 aliphatic rings. The third-order valence-electron chi connectivity index (χ3n) is 3.53. The van der Waals surface area contributed by atoms with Crippen LogP contribution in [0.15, 0.2) is 48.8 Å². The number of aliphatic hydroxyl groups excluding tert-OH is 1. The number of hydrogen-bond donors (Lipinski definition) is 3. The number of hydrogen-bond acceptors (Lipinski definition) is 6. The zero-order chi connectivity index (χ0) is 18.4. The van der Waals surface area contributed by atoms with Crippen LogP contribution in [0.1, 0.15) is 6.42 Å². The fourth-order valence-corrected chi connectivity index (χ4v) is 2.63. The zero-order valence-electron chi connectivity index (χ0n) is 13.8. The molecule has 2 aromatic heterocycles. The first-order chi connectivity index (χ1) is 12.7. The Hall–Kier alpha value is -2.41. The lowest BCUT2D eigenvalue weighted by atomic mass is 10.2. The number of rotatable bonds is 7. The minimum atomic E-state index is 0.0975. The topological polar surface area (TPSA) is 83.0 Å². The van der Waals surface area contributed by atoms with Crippen LogP contribution >= 0.6 is 23.2 Å². The summed E-state index contributed by atoms with van der Waals surface area (Å²) in [6.45, 7) is 0.661. The Balaban J connectivity index is 1.95. The lowest BCUT2D eigenvalue weighted by Gasteiger charge is -2.12. The Morgan fingerprint density at radius 2 is 1.85 bits per heavy atom. The summed E-state index contributed by atoms with van der Waals surface area (Å²) in [5.41, 5.74) is 2.29. The van der Waals surface area contributed by atoms with E-state index in [4.69, 9.17) is 28.3 Å². The summed E-state index contributed by atoms with van der Waals surface area (Å²) in [5.74, 6) is 1.02. The summed E-state index contributed by atoms with van der Waals surface area (Å²) in [7, 11) is 0. The summed E-state index contributed by atoms with van der Waals surface area (Å²) in [6.07, 6.45) is 4.01. The van der Waals surface area contributed by atoms with Crippen LogP contribution < -0.4 is 10.6 Å². The van der Waals surface area contributed by atoms with Crippen LogP contribution in [0.5, 0.6) is 0 Å². The van der Waals surface area contributed by atoms with Gasteiger partial charge in [0.15, 0.2) is 0 Å². The predicted octanol–water partition coefficient (Wildman–Crippen LogP) is 4.38. The molecule has 0 atom stereocenters. The van der Waals surface area contributed by atoms with Crippen LogP contribution in [0.3, 0.4) is 0 Å². The maximum atomic E-state index is 8.96. The monoisotopic (exact) mass is 389 g/mol. The molecule has 0 bridgehead atoms. The van der Waals surface area contributed by atoms with E-state index in [0.717, 1.165) is 11.3 Å². The van der Waals surface area contributed by atoms with E-state index in [1.807, 2.05) is 30.3 Å². The van der Waals surface area contributed by atoms with Gasteiger partial charge in [0.05, 0.1) is 21.4 Å². The minimum Gasteiger partial charge on any atom is -0.396 e. The molecule has 8 heteroatoms. The minimum absolute atomic E-state index is 0.0975. The Morgan fingerprint density at radius 3 is 2.62 bits per heavy atom. The van der Waals surface area contributed by atoms with Gasteiger partial charge in [0.1, 0.15) is 5.82 Å². The average molecular weight is 390 g/mol. The number of pyridine rings is 1. The Kier molecular flexibility index (Phi) is 6.22. The van der Waals surface area contributed by atoms with Crippen LogP contribution in [0.2, 0.25) is 10.0 Å². The van der Waals surface area contributed by atoms with Crippen molar-refractivity contribution in [1.82, 2.24) is 15.0 Å². The molecule has 3 aromatic rings. The standard InChI is InChI=1S/C18H17Cl2N5O/c19-13-3-1-4-14(17(13)20)23-16-11-15(12-5-8-21-9-6-12)24-18(25-16)22-7-2-10-26/h1,3-6,8-9,11,26H,2,7,10H2,(H2,22,23,24,25). The SMILES string of the molecule is OCCCNc1nc(Nc2cccc(Cl)c2Cl)cc(-c2ccncc2)n1. The van der Waals surface area contributed by atoms with Crippen LogP contribution in [-0.2, 0) is 0 Å². The highest BCUT2D eigenvalue weighted by atomic mass is 35.5. The molecule has 6 nitrogen and oxygen atoms in total. The molecule has 26 heavy (non-hydrogen) atoms. The molecular formula is C18H17Cl2N5O. The highest BCUT2D eigenvalue weighted by molar-refractivity contribution is 6.43. The molecule has 0 saturated carbocycles. The molecule has 0 spiro atoms. The van der Waals surface area contributed by atoms with E-state index in [-0.39, 0.29) is 6.61 Å². The van der Waals surface area contributed by atoms with E-state index in [9.17, 15) is 0 Å². The first-order valence-corrected chi connectivity index (χ1v) is 8.78. The van der Waals surface area contributed by atoms with Crippen molar-refractivity contribution < 1.29 is 5.11 Å². The van der Waals surface area contributed by atoms with Gasteiger partial charge in [-0.25, -0.2) is 4.98 Å². The number of aromatic nitrogens is 3. The fraction of sp³-hybridized carbons (Fsp3) is 0.167. The second-order valence-electron chi connectivity index (χ2n) is 5.43. The molecular weight excluding hydrogens is 373 g/mol. The van der Waals surface area contributed by atoms with Crippen molar-refractivity contribution in [1.29, 1.82) is 0 Å². The van der Waals surface area contributed by atoms with Gasteiger partial charge in [-0.05, 0) is 30.7 Å². The third kappa shape index (κ3) is 4.60. The van der Waals surface area contributed by atoms with Crippen LogP contribution in [0, 0.1) is 0 Å². The molecule has 134 valence electrons. The molecule has 1 aromatic carbocycles. The third-order valence-corrected chi connectivity index (χ3v) is 4.35. The first-order valence-electron chi connectivity index (χ1n) is 8.02. The number of nitrogens with zero attached hydrogens (tertiary/aromatic N) is 3. The number of benzene rings is 1. The molecule has 3 N–H and O–H groups in total.